The Kier molecular flexibility index (Phi) is 3.87. The Morgan fingerprint density at radius 2 is 2.56 bits per heavy atom. The highest BCUT2D eigenvalue weighted by Crippen LogP contribution is 2.21. The number of aliphatic hydroxyl groups is 1. The van der Waals surface area contributed by atoms with Gasteiger partial charge in [-0.1, -0.05) is 5.11 Å². The minimum absolute atomic E-state index is 0.177. The molecule has 0 aliphatic rings. The molecule has 0 radical (unpaired) electrons. The van der Waals surface area contributed by atoms with Crippen LogP contribution in [-0.4, -0.2) is 34.6 Å². The number of hydrogen-bond donors (Lipinski definition) is 1. The molecular weight excluding hydrogens is 214 g/mol. The maximum atomic E-state index is 11.4. The third-order valence-corrected chi connectivity index (χ3v) is 2.07. The highest BCUT2D eigenvalue weighted by molar-refractivity contribution is 5.90. The fraction of sp³-hybridized carbons (Fsp3) is 0.500. The fourth-order valence-electron chi connectivity index (χ4n) is 1.35. The van der Waals surface area contributed by atoms with Crippen LogP contribution in [0.2, 0.25) is 0 Å². The van der Waals surface area contributed by atoms with Gasteiger partial charge in [0.2, 0.25) is 0 Å². The number of aromatic nitrogens is 2. The van der Waals surface area contributed by atoms with Crippen molar-refractivity contribution < 1.29 is 14.6 Å². The Labute approximate surface area is 91.1 Å². The summed E-state index contributed by atoms with van der Waals surface area (Å²) in [6, 6.07) is -0.855. The normalized spacial score (nSPS) is 11.7. The summed E-state index contributed by atoms with van der Waals surface area (Å²) in [5.74, 6) is -0.588. The van der Waals surface area contributed by atoms with E-state index in [4.69, 9.17) is 10.6 Å². The summed E-state index contributed by atoms with van der Waals surface area (Å²) in [7, 11) is 2.82. The van der Waals surface area contributed by atoms with Crippen molar-refractivity contribution in [3.05, 3.63) is 27.9 Å². The first kappa shape index (κ1) is 12.0. The number of esters is 1. The van der Waals surface area contributed by atoms with E-state index in [9.17, 15) is 4.79 Å². The number of azide groups is 1. The van der Waals surface area contributed by atoms with Gasteiger partial charge in [-0.05, 0) is 5.53 Å². The molecule has 0 bridgehead atoms. The van der Waals surface area contributed by atoms with Gasteiger partial charge in [-0.2, -0.15) is 5.10 Å². The van der Waals surface area contributed by atoms with Crippen molar-refractivity contribution in [2.24, 2.45) is 12.2 Å². The van der Waals surface area contributed by atoms with Gasteiger partial charge in [0, 0.05) is 12.0 Å². The van der Waals surface area contributed by atoms with Gasteiger partial charge in [0.15, 0.2) is 0 Å². The molecule has 0 aliphatic carbocycles. The van der Waals surface area contributed by atoms with E-state index in [0.29, 0.717) is 5.69 Å². The lowest BCUT2D eigenvalue weighted by atomic mass is 10.1. The molecule has 0 saturated heterocycles. The molecule has 0 aromatic carbocycles. The summed E-state index contributed by atoms with van der Waals surface area (Å²) in [5.41, 5.74) is 8.85. The van der Waals surface area contributed by atoms with Gasteiger partial charge in [0.1, 0.15) is 11.6 Å². The van der Waals surface area contributed by atoms with Crippen LogP contribution in [0.5, 0.6) is 0 Å². The van der Waals surface area contributed by atoms with Crippen LogP contribution in [0.3, 0.4) is 0 Å². The van der Waals surface area contributed by atoms with E-state index >= 15 is 0 Å². The van der Waals surface area contributed by atoms with Crippen LogP contribution >= 0.6 is 0 Å². The summed E-state index contributed by atoms with van der Waals surface area (Å²) in [5, 5.41) is 16.3. The van der Waals surface area contributed by atoms with Crippen LogP contribution in [0.4, 0.5) is 0 Å². The van der Waals surface area contributed by atoms with E-state index < -0.39 is 18.6 Å². The average molecular weight is 225 g/mol. The number of methoxy groups -OCH3 is 1. The Balaban J connectivity index is 3.24. The Morgan fingerprint density at radius 3 is 3.06 bits per heavy atom. The predicted octanol–water partition coefficient (Wildman–Crippen LogP) is 0.550. The molecule has 0 spiro atoms. The molecule has 1 aromatic rings. The molecule has 0 aliphatic heterocycles. The van der Waals surface area contributed by atoms with Crippen molar-refractivity contribution in [2.75, 3.05) is 13.7 Å². The largest absolute Gasteiger partial charge is 0.465 e. The van der Waals surface area contributed by atoms with E-state index in [1.807, 2.05) is 0 Å². The number of ether oxygens (including phenoxy) is 1. The molecule has 1 atom stereocenters. The number of carbonyl (C=O) groups is 1. The molecule has 1 heterocycles. The van der Waals surface area contributed by atoms with Crippen LogP contribution in [0.25, 0.3) is 10.4 Å². The van der Waals surface area contributed by atoms with Crippen LogP contribution in [0, 0.1) is 0 Å². The first-order chi connectivity index (χ1) is 7.65. The quantitative estimate of drug-likeness (QED) is 0.349. The zero-order chi connectivity index (χ0) is 12.1. The van der Waals surface area contributed by atoms with E-state index in [1.54, 1.807) is 7.05 Å². The molecule has 1 rings (SSSR count). The SMILES string of the molecule is COC(=O)c1cnn(C)c1C(CO)N=[N+]=[N-]. The summed E-state index contributed by atoms with van der Waals surface area (Å²) in [6.45, 7) is -0.409. The lowest BCUT2D eigenvalue weighted by Crippen LogP contribution is -2.12. The van der Waals surface area contributed by atoms with Gasteiger partial charge >= 0.3 is 5.97 Å². The van der Waals surface area contributed by atoms with Crippen LogP contribution < -0.4 is 0 Å². The van der Waals surface area contributed by atoms with Crippen molar-refractivity contribution in [3.63, 3.8) is 0 Å². The van der Waals surface area contributed by atoms with Gasteiger partial charge in [-0.15, -0.1) is 0 Å². The smallest absolute Gasteiger partial charge is 0.341 e. The zero-order valence-corrected chi connectivity index (χ0v) is 8.86. The topological polar surface area (TPSA) is 113 Å². The maximum absolute atomic E-state index is 11.4. The highest BCUT2D eigenvalue weighted by atomic mass is 16.5. The van der Waals surface area contributed by atoms with Gasteiger partial charge in [-0.25, -0.2) is 4.79 Å². The molecule has 1 aromatic heterocycles. The molecule has 8 heteroatoms. The number of nitrogens with zero attached hydrogens (tertiary/aromatic N) is 5. The van der Waals surface area contributed by atoms with Crippen molar-refractivity contribution >= 4 is 5.97 Å². The van der Waals surface area contributed by atoms with Crippen molar-refractivity contribution in [1.29, 1.82) is 0 Å². The predicted molar refractivity (Wildman–Crippen MR) is 53.5 cm³/mol. The van der Waals surface area contributed by atoms with Crippen LogP contribution in [0.15, 0.2) is 11.3 Å². The Bertz CT molecular complexity index is 435. The molecule has 1 N–H and O–H groups in total. The van der Waals surface area contributed by atoms with E-state index in [-0.39, 0.29) is 5.56 Å². The lowest BCUT2D eigenvalue weighted by molar-refractivity contribution is 0.0598. The van der Waals surface area contributed by atoms with E-state index in [2.05, 4.69) is 19.9 Å². The molecular formula is C8H11N5O3. The molecule has 0 saturated carbocycles. The number of aliphatic hydroxyl groups excluding tert-OH is 1. The molecule has 0 amide bonds. The summed E-state index contributed by atoms with van der Waals surface area (Å²) < 4.78 is 5.92. The molecule has 0 fully saturated rings. The maximum Gasteiger partial charge on any atom is 0.341 e. The van der Waals surface area contributed by atoms with Crippen molar-refractivity contribution in [3.8, 4) is 0 Å². The van der Waals surface area contributed by atoms with E-state index in [0.717, 1.165) is 0 Å². The monoisotopic (exact) mass is 225 g/mol. The summed E-state index contributed by atoms with van der Waals surface area (Å²) in [6.07, 6.45) is 1.30. The highest BCUT2D eigenvalue weighted by Gasteiger charge is 2.22. The first-order valence-electron chi connectivity index (χ1n) is 4.41. The summed E-state index contributed by atoms with van der Waals surface area (Å²) in [4.78, 5) is 14.0. The van der Waals surface area contributed by atoms with Crippen molar-refractivity contribution in [1.82, 2.24) is 9.78 Å². The minimum atomic E-state index is -0.855. The number of aryl methyl sites for hydroxylation is 1. The lowest BCUT2D eigenvalue weighted by Gasteiger charge is -2.10. The van der Waals surface area contributed by atoms with Gasteiger partial charge < -0.3 is 9.84 Å². The van der Waals surface area contributed by atoms with E-state index in [1.165, 1.54) is 18.0 Å². The second-order valence-corrected chi connectivity index (χ2v) is 2.96. The third kappa shape index (κ3) is 2.13. The Morgan fingerprint density at radius 1 is 1.88 bits per heavy atom. The van der Waals surface area contributed by atoms with Gasteiger partial charge in [0.05, 0.1) is 25.6 Å². The van der Waals surface area contributed by atoms with Crippen molar-refractivity contribution in [2.45, 2.75) is 6.04 Å². The zero-order valence-electron chi connectivity index (χ0n) is 8.86. The van der Waals surface area contributed by atoms with Gasteiger partial charge in [-0.3, -0.25) is 4.68 Å². The first-order valence-corrected chi connectivity index (χ1v) is 4.41. The average Bonchev–Trinajstić information content (AvgIpc) is 2.67. The van der Waals surface area contributed by atoms with Gasteiger partial charge in [0.25, 0.3) is 0 Å². The second kappa shape index (κ2) is 5.15. The second-order valence-electron chi connectivity index (χ2n) is 2.96. The minimum Gasteiger partial charge on any atom is -0.465 e. The molecule has 8 nitrogen and oxygen atoms in total. The molecule has 1 unspecified atom stereocenters. The standard InChI is InChI=1S/C8H11N5O3/c1-13-7(6(4-14)11-12-9)5(3-10-13)8(15)16-2/h3,6,14H,4H2,1-2H3. The number of hydrogen-bond acceptors (Lipinski definition) is 5. The molecule has 86 valence electrons. The number of carbonyl (C=O) groups excluding carboxylic acids is 1. The number of rotatable bonds is 4. The third-order valence-electron chi connectivity index (χ3n) is 2.07. The Hall–Kier alpha value is -2.05. The fourth-order valence-corrected chi connectivity index (χ4v) is 1.35. The molecule has 16 heavy (non-hydrogen) atoms. The van der Waals surface area contributed by atoms with Crippen LogP contribution in [0.1, 0.15) is 22.1 Å². The summed E-state index contributed by atoms with van der Waals surface area (Å²) >= 11 is 0. The van der Waals surface area contributed by atoms with Crippen LogP contribution in [-0.2, 0) is 11.8 Å².